The van der Waals surface area contributed by atoms with Crippen molar-refractivity contribution in [2.24, 2.45) is 0 Å². The summed E-state index contributed by atoms with van der Waals surface area (Å²) in [5, 5.41) is 8.46. The Morgan fingerprint density at radius 1 is 1.27 bits per heavy atom. The molecule has 1 rings (SSSR count). The fraction of sp³-hybridized carbons (Fsp3) is 0.273. The lowest BCUT2D eigenvalue weighted by Gasteiger charge is -2.07. The van der Waals surface area contributed by atoms with Crippen LogP contribution in [-0.2, 0) is 16.0 Å². The van der Waals surface area contributed by atoms with E-state index in [0.717, 1.165) is 11.1 Å². The maximum absolute atomic E-state index is 11.0. The van der Waals surface area contributed by atoms with Crippen molar-refractivity contribution in [3.63, 3.8) is 0 Å². The molecule has 0 saturated carbocycles. The van der Waals surface area contributed by atoms with Crippen LogP contribution in [-0.4, -0.2) is 16.9 Å². The lowest BCUT2D eigenvalue weighted by molar-refractivity contribution is -0.148. The fourth-order valence-corrected chi connectivity index (χ4v) is 1.43. The van der Waals surface area contributed by atoms with Crippen molar-refractivity contribution in [2.75, 3.05) is 5.73 Å². The average molecular weight is 207 g/mol. The summed E-state index contributed by atoms with van der Waals surface area (Å²) in [6.45, 7) is 3.66. The lowest BCUT2D eigenvalue weighted by atomic mass is 10.0. The van der Waals surface area contributed by atoms with Gasteiger partial charge in [-0.3, -0.25) is 4.79 Å². The standard InChI is InChI=1S/C11H13NO3/c1-6-3-8(4-7(2)10(6)12)5-9(13)11(14)15/h3-4H,5,12H2,1-2H3,(H,14,15). The third-order valence-electron chi connectivity index (χ3n) is 2.26. The Morgan fingerprint density at radius 3 is 2.13 bits per heavy atom. The predicted octanol–water partition coefficient (Wildman–Crippen LogP) is 1.08. The number of carbonyl (C=O) groups excluding carboxylic acids is 1. The Labute approximate surface area is 87.7 Å². The largest absolute Gasteiger partial charge is 0.475 e. The second-order valence-electron chi connectivity index (χ2n) is 3.55. The van der Waals surface area contributed by atoms with Gasteiger partial charge in [-0.2, -0.15) is 0 Å². The molecule has 0 fully saturated rings. The van der Waals surface area contributed by atoms with Crippen molar-refractivity contribution in [1.29, 1.82) is 0 Å². The molecule has 80 valence electrons. The molecule has 0 unspecified atom stereocenters. The molecular formula is C11H13NO3. The van der Waals surface area contributed by atoms with Gasteiger partial charge in [0.05, 0.1) is 0 Å². The van der Waals surface area contributed by atoms with E-state index in [9.17, 15) is 9.59 Å². The molecule has 0 heterocycles. The first-order chi connectivity index (χ1) is 6.91. The number of aliphatic carboxylic acids is 1. The molecular weight excluding hydrogens is 194 g/mol. The van der Waals surface area contributed by atoms with Crippen LogP contribution in [0.2, 0.25) is 0 Å². The number of nitrogen functional groups attached to an aromatic ring is 1. The second-order valence-corrected chi connectivity index (χ2v) is 3.55. The van der Waals surface area contributed by atoms with E-state index in [1.807, 2.05) is 13.8 Å². The monoisotopic (exact) mass is 207 g/mol. The number of ketones is 1. The van der Waals surface area contributed by atoms with Crippen molar-refractivity contribution in [1.82, 2.24) is 0 Å². The zero-order valence-electron chi connectivity index (χ0n) is 8.70. The number of hydrogen-bond donors (Lipinski definition) is 2. The zero-order chi connectivity index (χ0) is 11.6. The second kappa shape index (κ2) is 4.13. The van der Waals surface area contributed by atoms with Crippen molar-refractivity contribution < 1.29 is 14.7 Å². The summed E-state index contributed by atoms with van der Waals surface area (Å²) in [5.41, 5.74) is 8.84. The van der Waals surface area contributed by atoms with Crippen LogP contribution in [0.4, 0.5) is 5.69 Å². The van der Waals surface area contributed by atoms with Gasteiger partial charge in [0.25, 0.3) is 0 Å². The number of rotatable bonds is 3. The van der Waals surface area contributed by atoms with E-state index in [2.05, 4.69) is 0 Å². The molecule has 0 aliphatic rings. The number of benzene rings is 1. The van der Waals surface area contributed by atoms with Gasteiger partial charge in [-0.1, -0.05) is 12.1 Å². The van der Waals surface area contributed by atoms with Crippen LogP contribution in [0.15, 0.2) is 12.1 Å². The molecule has 0 saturated heterocycles. The molecule has 1 aromatic rings. The van der Waals surface area contributed by atoms with Crippen molar-refractivity contribution in [2.45, 2.75) is 20.3 Å². The molecule has 4 heteroatoms. The normalized spacial score (nSPS) is 10.0. The molecule has 3 N–H and O–H groups in total. The maximum Gasteiger partial charge on any atom is 0.372 e. The third-order valence-corrected chi connectivity index (χ3v) is 2.26. The molecule has 0 atom stereocenters. The summed E-state index contributed by atoms with van der Waals surface area (Å²) < 4.78 is 0. The van der Waals surface area contributed by atoms with Gasteiger partial charge in [0.15, 0.2) is 0 Å². The Morgan fingerprint density at radius 2 is 1.73 bits per heavy atom. The van der Waals surface area contributed by atoms with E-state index in [4.69, 9.17) is 10.8 Å². The van der Waals surface area contributed by atoms with E-state index < -0.39 is 11.8 Å². The van der Waals surface area contributed by atoms with Crippen LogP contribution in [0.1, 0.15) is 16.7 Å². The van der Waals surface area contributed by atoms with Gasteiger partial charge >= 0.3 is 5.97 Å². The number of carbonyl (C=O) groups is 2. The van der Waals surface area contributed by atoms with Gasteiger partial charge in [0, 0.05) is 12.1 Å². The molecule has 0 radical (unpaired) electrons. The molecule has 0 aromatic heterocycles. The van der Waals surface area contributed by atoms with Crippen LogP contribution in [0, 0.1) is 13.8 Å². The highest BCUT2D eigenvalue weighted by molar-refractivity contribution is 6.33. The van der Waals surface area contributed by atoms with Gasteiger partial charge in [-0.15, -0.1) is 0 Å². The van der Waals surface area contributed by atoms with Gasteiger partial charge in [0.1, 0.15) is 0 Å². The van der Waals surface area contributed by atoms with Gasteiger partial charge in [-0.05, 0) is 30.5 Å². The van der Waals surface area contributed by atoms with Crippen LogP contribution in [0.25, 0.3) is 0 Å². The Bertz CT molecular complexity index is 401. The van der Waals surface area contributed by atoms with E-state index in [0.29, 0.717) is 11.3 Å². The van der Waals surface area contributed by atoms with Gasteiger partial charge in [-0.25, -0.2) is 4.79 Å². The highest BCUT2D eigenvalue weighted by atomic mass is 16.4. The maximum atomic E-state index is 11.0. The quantitative estimate of drug-likeness (QED) is 0.574. The van der Waals surface area contributed by atoms with Crippen molar-refractivity contribution in [3.8, 4) is 0 Å². The summed E-state index contributed by atoms with van der Waals surface area (Å²) in [4.78, 5) is 21.4. The van der Waals surface area contributed by atoms with E-state index in [1.165, 1.54) is 0 Å². The number of hydrogen-bond acceptors (Lipinski definition) is 3. The van der Waals surface area contributed by atoms with E-state index in [1.54, 1.807) is 12.1 Å². The molecule has 0 aliphatic carbocycles. The van der Waals surface area contributed by atoms with Crippen LogP contribution < -0.4 is 5.73 Å². The molecule has 1 aromatic carbocycles. The molecule has 0 spiro atoms. The zero-order valence-corrected chi connectivity index (χ0v) is 8.70. The molecule has 15 heavy (non-hydrogen) atoms. The summed E-state index contributed by atoms with van der Waals surface area (Å²) in [7, 11) is 0. The van der Waals surface area contributed by atoms with Crippen LogP contribution in [0.5, 0.6) is 0 Å². The summed E-state index contributed by atoms with van der Waals surface area (Å²) in [5.74, 6) is -2.21. The van der Waals surface area contributed by atoms with Crippen LogP contribution in [0.3, 0.4) is 0 Å². The number of aryl methyl sites for hydroxylation is 2. The highest BCUT2D eigenvalue weighted by Gasteiger charge is 2.13. The minimum Gasteiger partial charge on any atom is -0.475 e. The predicted molar refractivity (Wildman–Crippen MR) is 56.7 cm³/mol. The molecule has 0 amide bonds. The topological polar surface area (TPSA) is 80.4 Å². The number of carboxylic acid groups (broad SMARTS) is 1. The Balaban J connectivity index is 2.98. The number of nitrogens with two attached hydrogens (primary N) is 1. The third kappa shape index (κ3) is 2.56. The average Bonchev–Trinajstić information content (AvgIpc) is 2.13. The van der Waals surface area contributed by atoms with Crippen LogP contribution >= 0.6 is 0 Å². The molecule has 0 bridgehead atoms. The SMILES string of the molecule is Cc1cc(CC(=O)C(=O)O)cc(C)c1N. The van der Waals surface area contributed by atoms with Gasteiger partial charge in [0.2, 0.25) is 5.78 Å². The first-order valence-corrected chi connectivity index (χ1v) is 4.53. The summed E-state index contributed by atoms with van der Waals surface area (Å²) in [6.07, 6.45) is -0.0860. The van der Waals surface area contributed by atoms with Crippen molar-refractivity contribution >= 4 is 17.4 Å². The number of carboxylic acids is 1. The highest BCUT2D eigenvalue weighted by Crippen LogP contribution is 2.18. The van der Waals surface area contributed by atoms with E-state index in [-0.39, 0.29) is 6.42 Å². The smallest absolute Gasteiger partial charge is 0.372 e. The summed E-state index contributed by atoms with van der Waals surface area (Å²) >= 11 is 0. The molecule has 4 nitrogen and oxygen atoms in total. The molecule has 0 aliphatic heterocycles. The number of Topliss-reactive ketones (excluding diaryl/α,β-unsaturated/α-hetero) is 1. The van der Waals surface area contributed by atoms with Crippen molar-refractivity contribution in [3.05, 3.63) is 28.8 Å². The van der Waals surface area contributed by atoms with Gasteiger partial charge < -0.3 is 10.8 Å². The lowest BCUT2D eigenvalue weighted by Crippen LogP contribution is -2.15. The fourth-order valence-electron chi connectivity index (χ4n) is 1.43. The summed E-state index contributed by atoms with van der Waals surface area (Å²) in [6, 6.07) is 3.48. The minimum atomic E-state index is -1.40. The first kappa shape index (κ1) is 11.2. The Kier molecular flexibility index (Phi) is 3.09. The first-order valence-electron chi connectivity index (χ1n) is 4.53. The van der Waals surface area contributed by atoms with E-state index >= 15 is 0 Å². The Hall–Kier alpha value is -1.84. The minimum absolute atomic E-state index is 0.0860. The number of anilines is 1.